The predicted octanol–water partition coefficient (Wildman–Crippen LogP) is 3.52. The first-order valence-corrected chi connectivity index (χ1v) is 6.78. The van der Waals surface area contributed by atoms with E-state index in [1.165, 1.54) is 5.56 Å². The van der Waals surface area contributed by atoms with Crippen LogP contribution in [0.2, 0.25) is 0 Å². The molecule has 0 heterocycles. The monoisotopic (exact) mass is 295 g/mol. The zero-order chi connectivity index (χ0) is 13.8. The maximum absolute atomic E-state index is 9.78. The lowest BCUT2D eigenvalue weighted by atomic mass is 9.99. The number of halogens is 1. The van der Waals surface area contributed by atoms with Crippen LogP contribution in [0.5, 0.6) is 11.5 Å². The number of benzene rings is 2. The second-order valence-electron chi connectivity index (χ2n) is 4.88. The van der Waals surface area contributed by atoms with Gasteiger partial charge in [0.15, 0.2) is 11.5 Å². The van der Waals surface area contributed by atoms with E-state index in [4.69, 9.17) is 0 Å². The van der Waals surface area contributed by atoms with Crippen molar-refractivity contribution in [2.75, 3.05) is 13.1 Å². The normalized spacial score (nSPS) is 10.5. The summed E-state index contributed by atoms with van der Waals surface area (Å²) in [6.07, 6.45) is 2.12. The quantitative estimate of drug-likeness (QED) is 0.584. The molecular formula is C16H22ClNO2. The van der Waals surface area contributed by atoms with Gasteiger partial charge in [0, 0.05) is 5.56 Å². The first kappa shape index (κ1) is 16.6. The lowest BCUT2D eigenvalue weighted by Crippen LogP contribution is -2.14. The molecule has 3 nitrogen and oxygen atoms in total. The van der Waals surface area contributed by atoms with E-state index < -0.39 is 0 Å². The second kappa shape index (κ2) is 7.36. The highest BCUT2D eigenvalue weighted by Gasteiger charge is 2.08. The smallest absolute Gasteiger partial charge is 0.161 e. The Kier molecular flexibility index (Phi) is 6.11. The zero-order valence-electron chi connectivity index (χ0n) is 11.9. The number of hydrogen-bond donors (Lipinski definition) is 3. The summed E-state index contributed by atoms with van der Waals surface area (Å²) in [6.45, 7) is 5.97. The highest BCUT2D eigenvalue weighted by molar-refractivity contribution is 5.90. The minimum atomic E-state index is -0.0510. The van der Waals surface area contributed by atoms with Gasteiger partial charge >= 0.3 is 0 Å². The number of nitrogens with one attached hydrogen (secondary N) is 1. The van der Waals surface area contributed by atoms with Crippen molar-refractivity contribution in [3.8, 4) is 11.5 Å². The summed E-state index contributed by atoms with van der Waals surface area (Å²) in [5, 5.41) is 24.7. The number of phenols is 2. The highest BCUT2D eigenvalue weighted by Crippen LogP contribution is 2.35. The molecule has 0 aliphatic heterocycles. The van der Waals surface area contributed by atoms with E-state index in [1.807, 2.05) is 13.0 Å². The van der Waals surface area contributed by atoms with Crippen molar-refractivity contribution in [2.45, 2.75) is 26.7 Å². The van der Waals surface area contributed by atoms with Crippen molar-refractivity contribution in [3.63, 3.8) is 0 Å². The Hall–Kier alpha value is -1.45. The SMILES string of the molecule is CCNCCCc1ccc2cc(O)c(O)c(C)c2c1.Cl. The molecular weight excluding hydrogens is 274 g/mol. The van der Waals surface area contributed by atoms with Crippen molar-refractivity contribution in [3.05, 3.63) is 35.4 Å². The Bertz CT molecular complexity index is 584. The van der Waals surface area contributed by atoms with Crippen LogP contribution in [0.1, 0.15) is 24.5 Å². The fourth-order valence-corrected chi connectivity index (χ4v) is 2.34. The van der Waals surface area contributed by atoms with Crippen LogP contribution in [0.3, 0.4) is 0 Å². The van der Waals surface area contributed by atoms with E-state index in [0.29, 0.717) is 0 Å². The van der Waals surface area contributed by atoms with Gasteiger partial charge in [0.05, 0.1) is 0 Å². The third-order valence-corrected chi connectivity index (χ3v) is 3.48. The molecule has 0 atom stereocenters. The number of aryl methyl sites for hydroxylation is 2. The van der Waals surface area contributed by atoms with Crippen LogP contribution in [0.25, 0.3) is 10.8 Å². The Labute approximate surface area is 126 Å². The lowest BCUT2D eigenvalue weighted by Gasteiger charge is -2.09. The molecule has 0 saturated heterocycles. The van der Waals surface area contributed by atoms with Gasteiger partial charge in [0.25, 0.3) is 0 Å². The summed E-state index contributed by atoms with van der Waals surface area (Å²) in [4.78, 5) is 0. The molecule has 0 spiro atoms. The van der Waals surface area contributed by atoms with Gasteiger partial charge in [-0.1, -0.05) is 25.1 Å². The number of fused-ring (bicyclic) bond motifs is 1. The van der Waals surface area contributed by atoms with Crippen molar-refractivity contribution >= 4 is 23.2 Å². The van der Waals surface area contributed by atoms with Crippen molar-refractivity contribution in [1.29, 1.82) is 0 Å². The topological polar surface area (TPSA) is 52.5 Å². The summed E-state index contributed by atoms with van der Waals surface area (Å²) in [5.41, 5.74) is 2.00. The standard InChI is InChI=1S/C16H21NO2.ClH/c1-3-17-8-4-5-12-6-7-13-10-15(18)16(19)11(2)14(13)9-12;/h6-7,9-10,17-19H,3-5,8H2,1-2H3;1H. The maximum Gasteiger partial charge on any atom is 0.161 e. The number of phenolic OH excluding ortho intramolecular Hbond substituents is 2. The van der Waals surface area contributed by atoms with E-state index in [9.17, 15) is 10.2 Å². The second-order valence-corrected chi connectivity index (χ2v) is 4.88. The Morgan fingerprint density at radius 1 is 1.15 bits per heavy atom. The van der Waals surface area contributed by atoms with Gasteiger partial charge in [-0.05, 0) is 55.3 Å². The Morgan fingerprint density at radius 2 is 1.90 bits per heavy atom. The van der Waals surface area contributed by atoms with Crippen molar-refractivity contribution in [1.82, 2.24) is 5.32 Å². The third-order valence-electron chi connectivity index (χ3n) is 3.48. The van der Waals surface area contributed by atoms with Crippen molar-refractivity contribution in [2.24, 2.45) is 0 Å². The van der Waals surface area contributed by atoms with Crippen LogP contribution in [0.15, 0.2) is 24.3 Å². The molecule has 2 aromatic rings. The van der Waals surface area contributed by atoms with Crippen LogP contribution < -0.4 is 5.32 Å². The lowest BCUT2D eigenvalue weighted by molar-refractivity contribution is 0.402. The van der Waals surface area contributed by atoms with Crippen LogP contribution in [0.4, 0.5) is 0 Å². The molecule has 110 valence electrons. The summed E-state index contributed by atoms with van der Waals surface area (Å²) in [5.74, 6) is -0.0674. The maximum atomic E-state index is 9.78. The van der Waals surface area contributed by atoms with Gasteiger partial charge < -0.3 is 15.5 Å². The van der Waals surface area contributed by atoms with E-state index in [2.05, 4.69) is 24.4 Å². The van der Waals surface area contributed by atoms with Crippen LogP contribution >= 0.6 is 12.4 Å². The molecule has 0 saturated carbocycles. The van der Waals surface area contributed by atoms with E-state index in [-0.39, 0.29) is 23.9 Å². The summed E-state index contributed by atoms with van der Waals surface area (Å²) >= 11 is 0. The van der Waals surface area contributed by atoms with Crippen molar-refractivity contribution < 1.29 is 10.2 Å². The summed E-state index contributed by atoms with van der Waals surface area (Å²) in [7, 11) is 0. The fraction of sp³-hybridized carbons (Fsp3) is 0.375. The number of aromatic hydroxyl groups is 2. The first-order chi connectivity index (χ1) is 9.13. The minimum absolute atomic E-state index is 0. The molecule has 2 aromatic carbocycles. The molecule has 0 aromatic heterocycles. The van der Waals surface area contributed by atoms with E-state index in [0.717, 1.165) is 42.3 Å². The molecule has 0 bridgehead atoms. The fourth-order valence-electron chi connectivity index (χ4n) is 2.34. The zero-order valence-corrected chi connectivity index (χ0v) is 12.8. The molecule has 3 N–H and O–H groups in total. The van der Waals surface area contributed by atoms with Gasteiger partial charge in [0.1, 0.15) is 0 Å². The third kappa shape index (κ3) is 3.56. The molecule has 0 radical (unpaired) electrons. The molecule has 0 aliphatic carbocycles. The Balaban J connectivity index is 0.00000200. The van der Waals surface area contributed by atoms with Gasteiger partial charge in [-0.15, -0.1) is 12.4 Å². The molecule has 4 heteroatoms. The van der Waals surface area contributed by atoms with E-state index >= 15 is 0 Å². The molecule has 0 fully saturated rings. The highest BCUT2D eigenvalue weighted by atomic mass is 35.5. The number of hydrogen-bond acceptors (Lipinski definition) is 3. The van der Waals surface area contributed by atoms with Crippen LogP contribution in [-0.2, 0) is 6.42 Å². The van der Waals surface area contributed by atoms with Crippen LogP contribution in [0, 0.1) is 6.92 Å². The molecule has 0 unspecified atom stereocenters. The molecule has 20 heavy (non-hydrogen) atoms. The number of rotatable bonds is 5. The Morgan fingerprint density at radius 3 is 2.60 bits per heavy atom. The van der Waals surface area contributed by atoms with Gasteiger partial charge in [-0.2, -0.15) is 0 Å². The van der Waals surface area contributed by atoms with Gasteiger partial charge in [0.2, 0.25) is 0 Å². The summed E-state index contributed by atoms with van der Waals surface area (Å²) < 4.78 is 0. The van der Waals surface area contributed by atoms with Gasteiger partial charge in [-0.3, -0.25) is 0 Å². The average Bonchev–Trinajstić information content (AvgIpc) is 2.42. The minimum Gasteiger partial charge on any atom is -0.504 e. The summed E-state index contributed by atoms with van der Waals surface area (Å²) in [6, 6.07) is 7.81. The molecule has 0 amide bonds. The largest absolute Gasteiger partial charge is 0.504 e. The molecule has 0 aliphatic rings. The molecule has 2 rings (SSSR count). The van der Waals surface area contributed by atoms with Gasteiger partial charge in [-0.25, -0.2) is 0 Å². The first-order valence-electron chi connectivity index (χ1n) is 6.78. The average molecular weight is 296 g/mol. The van der Waals surface area contributed by atoms with E-state index in [1.54, 1.807) is 6.07 Å². The van der Waals surface area contributed by atoms with Crippen LogP contribution in [-0.4, -0.2) is 23.3 Å². The predicted molar refractivity (Wildman–Crippen MR) is 86.1 cm³/mol.